The minimum Gasteiger partial charge on any atom is -0.394 e. The second-order valence-electron chi connectivity index (χ2n) is 10.8. The molecule has 0 atom stereocenters. The maximum absolute atomic E-state index is 12.8. The van der Waals surface area contributed by atoms with Gasteiger partial charge >= 0.3 is 0 Å². The highest BCUT2D eigenvalue weighted by Crippen LogP contribution is 2.23. The van der Waals surface area contributed by atoms with Gasteiger partial charge in [0.15, 0.2) is 0 Å². The molecule has 0 unspecified atom stereocenters. The van der Waals surface area contributed by atoms with E-state index >= 15 is 0 Å². The molecule has 6 nitrogen and oxygen atoms in total. The SMILES string of the molecule is C=C\C=C(/N=C(\C=C(/N)C(=O)Nc1ccc(N2CCN(C(C)(C)C)CC2)cc1)CC)c1ccc(C)c(C)c1. The van der Waals surface area contributed by atoms with Gasteiger partial charge < -0.3 is 16.0 Å². The maximum atomic E-state index is 12.8. The van der Waals surface area contributed by atoms with Crippen molar-refractivity contribution >= 4 is 28.7 Å². The highest BCUT2D eigenvalue weighted by Gasteiger charge is 2.25. The van der Waals surface area contributed by atoms with Crippen LogP contribution in [0.2, 0.25) is 0 Å². The normalized spacial score (nSPS) is 15.9. The fraction of sp³-hybridized carbons (Fsp3) is 0.375. The van der Waals surface area contributed by atoms with Gasteiger partial charge in [0.1, 0.15) is 0 Å². The third kappa shape index (κ3) is 7.68. The first-order valence-electron chi connectivity index (χ1n) is 13.4. The van der Waals surface area contributed by atoms with E-state index in [4.69, 9.17) is 10.7 Å². The van der Waals surface area contributed by atoms with Crippen molar-refractivity contribution in [1.82, 2.24) is 4.90 Å². The van der Waals surface area contributed by atoms with E-state index in [-0.39, 0.29) is 17.1 Å². The highest BCUT2D eigenvalue weighted by molar-refractivity contribution is 6.09. The van der Waals surface area contributed by atoms with Crippen LogP contribution >= 0.6 is 0 Å². The summed E-state index contributed by atoms with van der Waals surface area (Å²) >= 11 is 0. The van der Waals surface area contributed by atoms with Crippen molar-refractivity contribution in [3.63, 3.8) is 0 Å². The zero-order valence-electron chi connectivity index (χ0n) is 23.8. The summed E-state index contributed by atoms with van der Waals surface area (Å²) in [6, 6.07) is 14.2. The first-order chi connectivity index (χ1) is 18.0. The summed E-state index contributed by atoms with van der Waals surface area (Å²) in [5, 5.41) is 2.91. The molecule has 0 spiro atoms. The van der Waals surface area contributed by atoms with Gasteiger partial charge in [-0.3, -0.25) is 14.7 Å². The second kappa shape index (κ2) is 12.7. The van der Waals surface area contributed by atoms with Crippen LogP contribution < -0.4 is 16.0 Å². The number of carbonyl (C=O) groups excluding carboxylic acids is 1. The number of carbonyl (C=O) groups is 1. The lowest BCUT2D eigenvalue weighted by Gasteiger charge is -2.43. The number of nitrogens with one attached hydrogen (secondary N) is 1. The number of rotatable bonds is 8. The standard InChI is InChI=1S/C32H43N5O/c1-8-10-30(25-12-11-23(3)24(4)21-25)34-26(9-2)22-29(33)31(38)35-27-13-15-28(16-14-27)36-17-19-37(20-18-36)32(5,6)7/h8,10-16,21-22H,1,9,17-20,33H2,2-7H3,(H,35,38)/b29-22-,30-10-,34-26-. The van der Waals surface area contributed by atoms with Gasteiger partial charge in [0.25, 0.3) is 5.91 Å². The molecule has 0 aromatic heterocycles. The molecule has 0 aliphatic carbocycles. The number of nitrogens with zero attached hydrogens (tertiary/aromatic N) is 3. The maximum Gasteiger partial charge on any atom is 0.271 e. The predicted molar refractivity (Wildman–Crippen MR) is 163 cm³/mol. The molecule has 1 fully saturated rings. The number of allylic oxidation sites excluding steroid dienone is 3. The molecule has 1 saturated heterocycles. The van der Waals surface area contributed by atoms with E-state index in [9.17, 15) is 4.79 Å². The summed E-state index contributed by atoms with van der Waals surface area (Å²) in [4.78, 5) is 22.5. The third-order valence-electron chi connectivity index (χ3n) is 7.01. The van der Waals surface area contributed by atoms with E-state index in [1.807, 2.05) is 31.2 Å². The van der Waals surface area contributed by atoms with Gasteiger partial charge in [-0.1, -0.05) is 31.7 Å². The Morgan fingerprint density at radius 1 is 1.05 bits per heavy atom. The predicted octanol–water partition coefficient (Wildman–Crippen LogP) is 6.08. The van der Waals surface area contributed by atoms with Crippen LogP contribution in [0.4, 0.5) is 11.4 Å². The topological polar surface area (TPSA) is 74.0 Å². The lowest BCUT2D eigenvalue weighted by atomic mass is 10.0. The van der Waals surface area contributed by atoms with Gasteiger partial charge in [0.05, 0.1) is 11.4 Å². The number of amides is 1. The summed E-state index contributed by atoms with van der Waals surface area (Å²) < 4.78 is 0. The molecule has 6 heteroatoms. The molecule has 0 saturated carbocycles. The lowest BCUT2D eigenvalue weighted by Crippen LogP contribution is -2.53. The average molecular weight is 514 g/mol. The molecule has 202 valence electrons. The first-order valence-corrected chi connectivity index (χ1v) is 13.4. The number of nitrogens with two attached hydrogens (primary N) is 1. The Morgan fingerprint density at radius 2 is 1.71 bits per heavy atom. The largest absolute Gasteiger partial charge is 0.394 e. The van der Waals surface area contributed by atoms with Gasteiger partial charge in [0, 0.05) is 54.4 Å². The average Bonchev–Trinajstić information content (AvgIpc) is 2.89. The Kier molecular flexibility index (Phi) is 9.70. The van der Waals surface area contributed by atoms with Gasteiger partial charge in [-0.25, -0.2) is 0 Å². The van der Waals surface area contributed by atoms with Crippen molar-refractivity contribution < 1.29 is 4.79 Å². The number of anilines is 2. The fourth-order valence-corrected chi connectivity index (χ4v) is 4.42. The van der Waals surface area contributed by atoms with Crippen molar-refractivity contribution in [2.45, 2.75) is 53.5 Å². The minimum atomic E-state index is -0.349. The van der Waals surface area contributed by atoms with Gasteiger partial charge in [-0.2, -0.15) is 0 Å². The molecule has 1 aliphatic rings. The van der Waals surface area contributed by atoms with Crippen LogP contribution in [0, 0.1) is 13.8 Å². The van der Waals surface area contributed by atoms with Crippen molar-refractivity contribution in [1.29, 1.82) is 0 Å². The Morgan fingerprint density at radius 3 is 2.26 bits per heavy atom. The fourth-order valence-electron chi connectivity index (χ4n) is 4.42. The van der Waals surface area contributed by atoms with Crippen molar-refractivity contribution in [3.05, 3.63) is 89.7 Å². The smallest absolute Gasteiger partial charge is 0.271 e. The number of hydrogen-bond acceptors (Lipinski definition) is 5. The molecule has 1 aliphatic heterocycles. The van der Waals surface area contributed by atoms with Crippen molar-refractivity contribution in [3.8, 4) is 0 Å². The zero-order valence-corrected chi connectivity index (χ0v) is 23.8. The summed E-state index contributed by atoms with van der Waals surface area (Å²) in [6.07, 6.45) is 5.87. The van der Waals surface area contributed by atoms with Gasteiger partial charge in [-0.05, 0) is 94.7 Å². The van der Waals surface area contributed by atoms with E-state index in [1.54, 1.807) is 12.2 Å². The van der Waals surface area contributed by atoms with E-state index in [2.05, 4.69) is 80.6 Å². The van der Waals surface area contributed by atoms with Crippen LogP contribution in [0.3, 0.4) is 0 Å². The molecule has 0 radical (unpaired) electrons. The Balaban J connectivity index is 1.68. The summed E-state index contributed by atoms with van der Waals surface area (Å²) in [6.45, 7) is 20.8. The molecular formula is C32H43N5O. The molecule has 1 amide bonds. The lowest BCUT2D eigenvalue weighted by molar-refractivity contribution is -0.112. The van der Waals surface area contributed by atoms with E-state index < -0.39 is 0 Å². The van der Waals surface area contributed by atoms with Crippen molar-refractivity contribution in [2.75, 3.05) is 36.4 Å². The first kappa shape index (κ1) is 28.9. The molecule has 3 N–H and O–H groups in total. The van der Waals surface area contributed by atoms with Crippen LogP contribution in [-0.4, -0.2) is 48.2 Å². The zero-order chi connectivity index (χ0) is 27.9. The monoisotopic (exact) mass is 513 g/mol. The molecule has 2 aromatic rings. The number of aryl methyl sites for hydroxylation is 2. The number of benzene rings is 2. The molecule has 38 heavy (non-hydrogen) atoms. The Hall–Kier alpha value is -3.64. The van der Waals surface area contributed by atoms with E-state index in [1.165, 1.54) is 11.1 Å². The Labute approximate surface area is 228 Å². The Bertz CT molecular complexity index is 1220. The van der Waals surface area contributed by atoms with Crippen LogP contribution in [-0.2, 0) is 4.79 Å². The molecule has 0 bridgehead atoms. The van der Waals surface area contributed by atoms with Crippen LogP contribution in [0.5, 0.6) is 0 Å². The highest BCUT2D eigenvalue weighted by atomic mass is 16.2. The van der Waals surface area contributed by atoms with Gasteiger partial charge in [0.2, 0.25) is 0 Å². The second-order valence-corrected chi connectivity index (χ2v) is 10.8. The van der Waals surface area contributed by atoms with Crippen LogP contribution in [0.1, 0.15) is 50.8 Å². The van der Waals surface area contributed by atoms with Crippen molar-refractivity contribution in [2.24, 2.45) is 10.7 Å². The molecular weight excluding hydrogens is 470 g/mol. The van der Waals surface area contributed by atoms with E-state index in [0.29, 0.717) is 17.8 Å². The third-order valence-corrected chi connectivity index (χ3v) is 7.01. The van der Waals surface area contributed by atoms with E-state index in [0.717, 1.165) is 43.1 Å². The number of piperazine rings is 1. The van der Waals surface area contributed by atoms with Crippen LogP contribution in [0.15, 0.2) is 78.0 Å². The summed E-state index contributed by atoms with van der Waals surface area (Å²) in [5.41, 5.74) is 13.3. The summed E-state index contributed by atoms with van der Waals surface area (Å²) in [7, 11) is 0. The van der Waals surface area contributed by atoms with Gasteiger partial charge in [-0.15, -0.1) is 0 Å². The molecule has 2 aromatic carbocycles. The quantitative estimate of drug-likeness (QED) is 0.255. The number of hydrogen-bond donors (Lipinski definition) is 2. The summed E-state index contributed by atoms with van der Waals surface area (Å²) in [5.74, 6) is -0.349. The van der Waals surface area contributed by atoms with Crippen LogP contribution in [0.25, 0.3) is 5.70 Å². The minimum absolute atomic E-state index is 0.117. The number of aliphatic imine (C=N–C) groups is 1. The molecule has 3 rings (SSSR count). The molecule has 1 heterocycles.